The van der Waals surface area contributed by atoms with Crippen LogP contribution in [0.3, 0.4) is 0 Å². The molecule has 0 aliphatic carbocycles. The third-order valence-corrected chi connectivity index (χ3v) is 4.20. The maximum absolute atomic E-state index is 4.43. The molecule has 1 N–H and O–H groups in total. The van der Waals surface area contributed by atoms with E-state index in [0.717, 1.165) is 18.8 Å². The van der Waals surface area contributed by atoms with Crippen LogP contribution in [0.15, 0.2) is 47.5 Å². The van der Waals surface area contributed by atoms with Gasteiger partial charge in [0.2, 0.25) is 0 Å². The van der Waals surface area contributed by atoms with Crippen molar-refractivity contribution in [1.29, 1.82) is 0 Å². The maximum Gasteiger partial charge on any atom is 0.0535 e. The standard InChI is InChI=1S/C17H22N2S/c1-3-10-18-12-15-6-8-16(9-7-15)20-13-17-14(2)5-4-11-19-17/h4-9,11,18H,3,10,12-13H2,1-2H3. The van der Waals surface area contributed by atoms with Gasteiger partial charge in [0.15, 0.2) is 0 Å². The van der Waals surface area contributed by atoms with Gasteiger partial charge in [-0.25, -0.2) is 0 Å². The lowest BCUT2D eigenvalue weighted by atomic mass is 10.2. The van der Waals surface area contributed by atoms with Gasteiger partial charge in [-0.05, 0) is 49.2 Å². The summed E-state index contributed by atoms with van der Waals surface area (Å²) in [6, 6.07) is 12.9. The van der Waals surface area contributed by atoms with E-state index in [4.69, 9.17) is 0 Å². The van der Waals surface area contributed by atoms with Crippen molar-refractivity contribution in [2.45, 2.75) is 37.5 Å². The molecule has 0 saturated carbocycles. The van der Waals surface area contributed by atoms with Gasteiger partial charge in [-0.2, -0.15) is 0 Å². The zero-order valence-corrected chi connectivity index (χ0v) is 13.0. The topological polar surface area (TPSA) is 24.9 Å². The Labute approximate surface area is 126 Å². The average molecular weight is 286 g/mol. The van der Waals surface area contributed by atoms with Crippen molar-refractivity contribution in [2.75, 3.05) is 6.54 Å². The predicted molar refractivity (Wildman–Crippen MR) is 87.0 cm³/mol. The molecule has 106 valence electrons. The number of rotatable bonds is 7. The molecule has 0 atom stereocenters. The van der Waals surface area contributed by atoms with Gasteiger partial charge < -0.3 is 5.32 Å². The van der Waals surface area contributed by atoms with Gasteiger partial charge >= 0.3 is 0 Å². The Morgan fingerprint density at radius 1 is 1.15 bits per heavy atom. The van der Waals surface area contributed by atoms with Crippen molar-refractivity contribution in [2.24, 2.45) is 0 Å². The molecule has 1 heterocycles. The highest BCUT2D eigenvalue weighted by molar-refractivity contribution is 7.98. The first-order valence-electron chi connectivity index (χ1n) is 7.12. The first-order valence-corrected chi connectivity index (χ1v) is 8.11. The van der Waals surface area contributed by atoms with Gasteiger partial charge in [0, 0.05) is 23.4 Å². The van der Waals surface area contributed by atoms with Crippen LogP contribution in [0.4, 0.5) is 0 Å². The normalized spacial score (nSPS) is 10.7. The quantitative estimate of drug-likeness (QED) is 0.610. The van der Waals surface area contributed by atoms with Crippen LogP contribution in [-0.2, 0) is 12.3 Å². The van der Waals surface area contributed by atoms with E-state index in [1.165, 1.54) is 28.1 Å². The van der Waals surface area contributed by atoms with Crippen molar-refractivity contribution in [3.8, 4) is 0 Å². The molecule has 20 heavy (non-hydrogen) atoms. The molecule has 2 rings (SSSR count). The smallest absolute Gasteiger partial charge is 0.0535 e. The van der Waals surface area contributed by atoms with Gasteiger partial charge in [0.05, 0.1) is 5.69 Å². The number of nitrogens with zero attached hydrogens (tertiary/aromatic N) is 1. The predicted octanol–water partition coefficient (Wildman–Crippen LogP) is 4.18. The van der Waals surface area contributed by atoms with Crippen molar-refractivity contribution in [1.82, 2.24) is 10.3 Å². The average Bonchev–Trinajstić information content (AvgIpc) is 2.48. The first kappa shape index (κ1) is 15.1. The van der Waals surface area contributed by atoms with E-state index in [-0.39, 0.29) is 0 Å². The molecule has 0 radical (unpaired) electrons. The van der Waals surface area contributed by atoms with E-state index in [2.05, 4.69) is 54.5 Å². The molecule has 0 aliphatic heterocycles. The van der Waals surface area contributed by atoms with Crippen LogP contribution >= 0.6 is 11.8 Å². The summed E-state index contributed by atoms with van der Waals surface area (Å²) in [5.74, 6) is 0.931. The molecular formula is C17H22N2S. The molecule has 0 amide bonds. The van der Waals surface area contributed by atoms with Gasteiger partial charge in [-0.1, -0.05) is 25.1 Å². The number of benzene rings is 1. The fourth-order valence-electron chi connectivity index (χ4n) is 1.93. The maximum atomic E-state index is 4.43. The minimum Gasteiger partial charge on any atom is -0.313 e. The molecule has 1 aromatic heterocycles. The Bertz CT molecular complexity index is 523. The summed E-state index contributed by atoms with van der Waals surface area (Å²) < 4.78 is 0. The van der Waals surface area contributed by atoms with Crippen molar-refractivity contribution >= 4 is 11.8 Å². The zero-order chi connectivity index (χ0) is 14.2. The van der Waals surface area contributed by atoms with E-state index in [9.17, 15) is 0 Å². The van der Waals surface area contributed by atoms with E-state index in [0.29, 0.717) is 0 Å². The third-order valence-electron chi connectivity index (χ3n) is 3.17. The summed E-state index contributed by atoms with van der Waals surface area (Å²) in [5, 5.41) is 3.42. The minimum atomic E-state index is 0.931. The van der Waals surface area contributed by atoms with Crippen LogP contribution in [0.25, 0.3) is 0 Å². The van der Waals surface area contributed by atoms with Crippen LogP contribution < -0.4 is 5.32 Å². The van der Waals surface area contributed by atoms with E-state index in [1.54, 1.807) is 0 Å². The fourth-order valence-corrected chi connectivity index (χ4v) is 2.87. The Morgan fingerprint density at radius 3 is 2.65 bits per heavy atom. The second-order valence-electron chi connectivity index (χ2n) is 4.88. The first-order chi connectivity index (χ1) is 9.79. The van der Waals surface area contributed by atoms with Crippen molar-refractivity contribution in [3.05, 3.63) is 59.4 Å². The van der Waals surface area contributed by atoms with Crippen LogP contribution in [0.1, 0.15) is 30.2 Å². The lowest BCUT2D eigenvalue weighted by Crippen LogP contribution is -2.13. The number of hydrogen-bond acceptors (Lipinski definition) is 3. The SMILES string of the molecule is CCCNCc1ccc(SCc2ncccc2C)cc1. The molecule has 0 bridgehead atoms. The van der Waals surface area contributed by atoms with Crippen LogP contribution in [-0.4, -0.2) is 11.5 Å². The Kier molecular flexibility index (Phi) is 6.09. The lowest BCUT2D eigenvalue weighted by Gasteiger charge is -2.06. The molecule has 0 fully saturated rings. The van der Waals surface area contributed by atoms with Gasteiger partial charge in [-0.15, -0.1) is 11.8 Å². The summed E-state index contributed by atoms with van der Waals surface area (Å²) in [5.41, 5.74) is 3.78. The summed E-state index contributed by atoms with van der Waals surface area (Å²) >= 11 is 1.84. The number of aryl methyl sites for hydroxylation is 1. The summed E-state index contributed by atoms with van der Waals surface area (Å²) in [6.45, 7) is 6.34. The second kappa shape index (κ2) is 8.08. The molecule has 2 aromatic rings. The zero-order valence-electron chi connectivity index (χ0n) is 12.2. The summed E-state index contributed by atoms with van der Waals surface area (Å²) in [6.07, 6.45) is 3.04. The number of nitrogens with one attached hydrogen (secondary N) is 1. The van der Waals surface area contributed by atoms with E-state index < -0.39 is 0 Å². The Hall–Kier alpha value is -1.32. The van der Waals surface area contributed by atoms with E-state index in [1.807, 2.05) is 24.0 Å². The largest absolute Gasteiger partial charge is 0.313 e. The molecule has 2 nitrogen and oxygen atoms in total. The highest BCUT2D eigenvalue weighted by Crippen LogP contribution is 2.23. The molecule has 0 spiro atoms. The Balaban J connectivity index is 1.86. The molecular weight excluding hydrogens is 264 g/mol. The number of hydrogen-bond donors (Lipinski definition) is 1. The highest BCUT2D eigenvalue weighted by Gasteiger charge is 2.01. The monoisotopic (exact) mass is 286 g/mol. The van der Waals surface area contributed by atoms with Crippen LogP contribution in [0.2, 0.25) is 0 Å². The van der Waals surface area contributed by atoms with E-state index >= 15 is 0 Å². The number of thioether (sulfide) groups is 1. The molecule has 0 unspecified atom stereocenters. The summed E-state index contributed by atoms with van der Waals surface area (Å²) in [7, 11) is 0. The van der Waals surface area contributed by atoms with Gasteiger partial charge in [0.1, 0.15) is 0 Å². The van der Waals surface area contributed by atoms with Crippen molar-refractivity contribution < 1.29 is 0 Å². The molecule has 0 saturated heterocycles. The third kappa shape index (κ3) is 4.66. The summed E-state index contributed by atoms with van der Waals surface area (Å²) in [4.78, 5) is 5.73. The number of aromatic nitrogens is 1. The minimum absolute atomic E-state index is 0.931. The number of pyridine rings is 1. The fraction of sp³-hybridized carbons (Fsp3) is 0.353. The van der Waals surface area contributed by atoms with Crippen molar-refractivity contribution in [3.63, 3.8) is 0 Å². The Morgan fingerprint density at radius 2 is 1.95 bits per heavy atom. The van der Waals surface area contributed by atoms with Gasteiger partial charge in [-0.3, -0.25) is 4.98 Å². The van der Waals surface area contributed by atoms with Crippen LogP contribution in [0.5, 0.6) is 0 Å². The lowest BCUT2D eigenvalue weighted by molar-refractivity contribution is 0.675. The molecule has 0 aliphatic rings. The molecule has 3 heteroatoms. The van der Waals surface area contributed by atoms with Gasteiger partial charge in [0.25, 0.3) is 0 Å². The van der Waals surface area contributed by atoms with Crippen LogP contribution in [0, 0.1) is 6.92 Å². The second-order valence-corrected chi connectivity index (χ2v) is 5.93. The highest BCUT2D eigenvalue weighted by atomic mass is 32.2. The molecule has 1 aromatic carbocycles.